The molecule has 0 aliphatic carbocycles. The predicted octanol–water partition coefficient (Wildman–Crippen LogP) is 2.45. The number of aryl methyl sites for hydroxylation is 1. The van der Waals surface area contributed by atoms with Crippen LogP contribution in [0.2, 0.25) is 0 Å². The van der Waals surface area contributed by atoms with E-state index in [4.69, 9.17) is 14.3 Å². The van der Waals surface area contributed by atoms with Crippen molar-refractivity contribution >= 4 is 17.8 Å². The van der Waals surface area contributed by atoms with Gasteiger partial charge in [0.1, 0.15) is 0 Å². The summed E-state index contributed by atoms with van der Waals surface area (Å²) in [6, 6.07) is 5.07. The van der Waals surface area contributed by atoms with Gasteiger partial charge in [0.05, 0.1) is 17.4 Å². The van der Waals surface area contributed by atoms with Crippen molar-refractivity contribution in [2.24, 2.45) is 5.92 Å². The Morgan fingerprint density at radius 3 is 2.41 bits per heavy atom. The molecule has 1 aromatic rings. The van der Waals surface area contributed by atoms with Gasteiger partial charge < -0.3 is 4.74 Å². The summed E-state index contributed by atoms with van der Waals surface area (Å²) in [5.74, 6) is -0.624. The minimum atomic E-state index is -0.403. The number of nitro groups is 1. The Hall–Kier alpha value is -2.53. The molecule has 1 atom stereocenters. The van der Waals surface area contributed by atoms with Crippen LogP contribution in [0.4, 0.5) is 5.69 Å². The normalized spacial score (nSPS) is 10.7. The van der Waals surface area contributed by atoms with Crippen molar-refractivity contribution in [2.75, 3.05) is 6.61 Å². The number of benzene rings is 1. The van der Waals surface area contributed by atoms with Crippen molar-refractivity contribution in [3.8, 4) is 0 Å². The predicted molar refractivity (Wildman–Crippen MR) is 77.0 cm³/mol. The molecule has 0 aromatic heterocycles. The molecular weight excluding hydrogens is 290 g/mol. The number of carbonyl (C=O) groups excluding carboxylic acids is 3. The van der Waals surface area contributed by atoms with E-state index in [0.717, 1.165) is 5.56 Å². The van der Waals surface area contributed by atoms with Crippen molar-refractivity contribution < 1.29 is 24.0 Å². The third-order valence-electron chi connectivity index (χ3n) is 3.02. The third-order valence-corrected chi connectivity index (χ3v) is 3.02. The largest absolute Gasteiger partial charge is 0.466 e. The second-order valence-corrected chi connectivity index (χ2v) is 4.53. The van der Waals surface area contributed by atoms with Crippen LogP contribution in [-0.4, -0.2) is 23.7 Å². The monoisotopic (exact) mass is 309 g/mol. The molecule has 120 valence electrons. The molecule has 0 spiro atoms. The maximum absolute atomic E-state index is 11.7. The zero-order valence-electron chi connectivity index (χ0n) is 12.8. The summed E-state index contributed by atoms with van der Waals surface area (Å²) in [6.45, 7) is 5.76. The van der Waals surface area contributed by atoms with Crippen molar-refractivity contribution in [2.45, 2.75) is 33.6 Å². The smallest absolute Gasteiger partial charge is 0.373 e. The van der Waals surface area contributed by atoms with E-state index in [1.807, 2.05) is 13.0 Å². The lowest BCUT2D eigenvalue weighted by molar-refractivity contribution is -0.385. The molecule has 1 aromatic carbocycles. The van der Waals surface area contributed by atoms with Gasteiger partial charge >= 0.3 is 12.1 Å². The second kappa shape index (κ2) is 10.2. The fraction of sp³-hybridized carbons (Fsp3) is 0.467. The van der Waals surface area contributed by atoms with Crippen LogP contribution in [0.3, 0.4) is 0 Å². The van der Waals surface area contributed by atoms with Gasteiger partial charge in [0, 0.05) is 11.6 Å². The van der Waals surface area contributed by atoms with Gasteiger partial charge in [0.25, 0.3) is 5.69 Å². The highest BCUT2D eigenvalue weighted by Crippen LogP contribution is 2.24. The van der Waals surface area contributed by atoms with Crippen LogP contribution in [0.15, 0.2) is 18.2 Å². The molecular formula is C15H19NO6. The van der Waals surface area contributed by atoms with E-state index < -0.39 is 4.92 Å². The van der Waals surface area contributed by atoms with Gasteiger partial charge in [-0.2, -0.15) is 9.59 Å². The highest BCUT2D eigenvalue weighted by atomic mass is 16.6. The van der Waals surface area contributed by atoms with Gasteiger partial charge in [-0.05, 0) is 32.3 Å². The number of nitro benzene ring substituents is 1. The molecule has 1 unspecified atom stereocenters. The molecule has 7 nitrogen and oxygen atoms in total. The number of hydrogen-bond acceptors (Lipinski definition) is 6. The number of ether oxygens (including phenoxy) is 1. The van der Waals surface area contributed by atoms with Crippen LogP contribution in [0.5, 0.6) is 0 Å². The Labute approximate surface area is 128 Å². The number of rotatable bonds is 6. The first-order valence-corrected chi connectivity index (χ1v) is 6.80. The van der Waals surface area contributed by atoms with Gasteiger partial charge in [-0.25, -0.2) is 0 Å². The molecule has 0 aliphatic rings. The molecule has 0 aliphatic heterocycles. The Morgan fingerprint density at radius 2 is 1.95 bits per heavy atom. The SMILES string of the molecule is CCOC(=O)C(CC)Cc1ccc(C)cc1[N+](=O)[O-].O=C=O. The quantitative estimate of drug-likeness (QED) is 0.454. The van der Waals surface area contributed by atoms with Gasteiger partial charge in [0.2, 0.25) is 0 Å². The van der Waals surface area contributed by atoms with E-state index in [1.165, 1.54) is 6.07 Å². The third kappa shape index (κ3) is 6.28. The van der Waals surface area contributed by atoms with Crippen LogP contribution < -0.4 is 0 Å². The molecule has 0 saturated heterocycles. The zero-order valence-corrected chi connectivity index (χ0v) is 12.8. The summed E-state index contributed by atoms with van der Waals surface area (Å²) in [7, 11) is 0. The lowest BCUT2D eigenvalue weighted by atomic mass is 9.95. The van der Waals surface area contributed by atoms with Crippen molar-refractivity contribution in [1.82, 2.24) is 0 Å². The van der Waals surface area contributed by atoms with Crippen molar-refractivity contribution in [3.05, 3.63) is 39.4 Å². The minimum Gasteiger partial charge on any atom is -0.466 e. The summed E-state index contributed by atoms with van der Waals surface area (Å²) in [5, 5.41) is 11.0. The number of hydrogen-bond donors (Lipinski definition) is 0. The van der Waals surface area contributed by atoms with Crippen LogP contribution in [-0.2, 0) is 25.5 Å². The molecule has 0 fully saturated rings. The van der Waals surface area contributed by atoms with E-state index in [-0.39, 0.29) is 23.7 Å². The molecule has 1 rings (SSSR count). The first-order valence-electron chi connectivity index (χ1n) is 6.80. The molecule has 0 heterocycles. The summed E-state index contributed by atoms with van der Waals surface area (Å²) >= 11 is 0. The summed E-state index contributed by atoms with van der Waals surface area (Å²) in [5.41, 5.74) is 1.48. The Morgan fingerprint density at radius 1 is 1.36 bits per heavy atom. The Kier molecular flexibility index (Phi) is 9.06. The fourth-order valence-corrected chi connectivity index (χ4v) is 1.94. The van der Waals surface area contributed by atoms with Crippen LogP contribution in [0, 0.1) is 23.0 Å². The lowest BCUT2D eigenvalue weighted by Crippen LogP contribution is -2.19. The summed E-state index contributed by atoms with van der Waals surface area (Å²) in [6.07, 6.45) is 1.19. The fourth-order valence-electron chi connectivity index (χ4n) is 1.94. The van der Waals surface area contributed by atoms with Crippen molar-refractivity contribution in [3.63, 3.8) is 0 Å². The molecule has 0 bridgehead atoms. The van der Waals surface area contributed by atoms with Gasteiger partial charge in [0.15, 0.2) is 0 Å². The van der Waals surface area contributed by atoms with Crippen LogP contribution in [0.1, 0.15) is 31.4 Å². The van der Waals surface area contributed by atoms with Gasteiger partial charge in [-0.3, -0.25) is 14.9 Å². The highest BCUT2D eigenvalue weighted by molar-refractivity contribution is 5.73. The number of carbonyl (C=O) groups is 1. The average molecular weight is 309 g/mol. The van der Waals surface area contributed by atoms with Gasteiger partial charge in [-0.15, -0.1) is 0 Å². The number of nitrogens with zero attached hydrogens (tertiary/aromatic N) is 1. The van der Waals surface area contributed by atoms with Crippen LogP contribution >= 0.6 is 0 Å². The maximum Gasteiger partial charge on any atom is 0.373 e. The van der Waals surface area contributed by atoms with Crippen molar-refractivity contribution in [1.29, 1.82) is 0 Å². The molecule has 0 amide bonds. The lowest BCUT2D eigenvalue weighted by Gasteiger charge is -2.13. The van der Waals surface area contributed by atoms with E-state index in [2.05, 4.69) is 0 Å². The standard InChI is InChI=1S/C14H19NO4.CO2/c1-4-11(14(16)19-5-2)9-12-7-6-10(3)8-13(12)15(17)18;2-1-3/h6-8,11H,4-5,9H2,1-3H3;. The first-order chi connectivity index (χ1) is 10.4. The number of esters is 1. The second-order valence-electron chi connectivity index (χ2n) is 4.53. The maximum atomic E-state index is 11.7. The van der Waals surface area contributed by atoms with E-state index in [1.54, 1.807) is 19.9 Å². The Bertz CT molecular complexity index is 549. The van der Waals surface area contributed by atoms with E-state index in [9.17, 15) is 14.9 Å². The first kappa shape index (κ1) is 19.5. The van der Waals surface area contributed by atoms with E-state index in [0.29, 0.717) is 25.0 Å². The van der Waals surface area contributed by atoms with Crippen LogP contribution in [0.25, 0.3) is 0 Å². The molecule has 22 heavy (non-hydrogen) atoms. The average Bonchev–Trinajstić information content (AvgIpc) is 2.46. The topological polar surface area (TPSA) is 104 Å². The minimum absolute atomic E-state index is 0.0720. The summed E-state index contributed by atoms with van der Waals surface area (Å²) < 4.78 is 4.98. The molecule has 0 N–H and O–H groups in total. The molecule has 0 saturated carbocycles. The zero-order chi connectivity index (χ0) is 17.1. The molecule has 0 radical (unpaired) electrons. The van der Waals surface area contributed by atoms with E-state index >= 15 is 0 Å². The summed E-state index contributed by atoms with van der Waals surface area (Å²) in [4.78, 5) is 38.6. The highest BCUT2D eigenvalue weighted by Gasteiger charge is 2.23. The molecule has 7 heteroatoms. The Balaban J connectivity index is 0.00000135. The van der Waals surface area contributed by atoms with Gasteiger partial charge in [-0.1, -0.05) is 19.1 Å².